The first-order valence-electron chi connectivity index (χ1n) is 25.6. The van der Waals surface area contributed by atoms with Gasteiger partial charge >= 0.3 is 0 Å². The van der Waals surface area contributed by atoms with Crippen molar-refractivity contribution in [2.24, 2.45) is 0 Å². The summed E-state index contributed by atoms with van der Waals surface area (Å²) in [7, 11) is 0. The van der Waals surface area contributed by atoms with E-state index >= 15 is 0 Å². The van der Waals surface area contributed by atoms with Crippen molar-refractivity contribution in [3.8, 4) is 34.0 Å². The highest BCUT2D eigenvalue weighted by Crippen LogP contribution is 2.33. The van der Waals surface area contributed by atoms with E-state index in [4.69, 9.17) is 19.4 Å². The molecule has 1 aromatic heterocycles. The first-order valence-corrected chi connectivity index (χ1v) is 25.6. The van der Waals surface area contributed by atoms with Gasteiger partial charge in [0.2, 0.25) is 0 Å². The van der Waals surface area contributed by atoms with Crippen LogP contribution in [-0.2, 0) is 0 Å². The normalized spacial score (nSPS) is 11.5. The van der Waals surface area contributed by atoms with Crippen molar-refractivity contribution >= 4 is 11.0 Å². The van der Waals surface area contributed by atoms with E-state index in [1.165, 1.54) is 205 Å². The second-order valence-electron chi connectivity index (χ2n) is 17.9. The van der Waals surface area contributed by atoms with Crippen LogP contribution in [0, 0.1) is 5.82 Å². The number of nitrogens with zero attached hydrogens (tertiary/aromatic N) is 2. The molecule has 0 aliphatic rings. The molecular formula is C56H85FN2O2. The molecule has 0 unspecified atom stereocenters. The lowest BCUT2D eigenvalue weighted by Gasteiger charge is -2.13. The fraction of sp³-hybridized carbons (Fsp3) is 0.643. The number of hydrogen-bond acceptors (Lipinski definition) is 4. The molecule has 0 bridgehead atoms. The largest absolute Gasteiger partial charge is 0.494 e. The van der Waals surface area contributed by atoms with Crippen LogP contribution < -0.4 is 9.47 Å². The molecule has 0 fully saturated rings. The summed E-state index contributed by atoms with van der Waals surface area (Å²) in [5.74, 6) is 1.41. The van der Waals surface area contributed by atoms with Crippen molar-refractivity contribution in [1.29, 1.82) is 0 Å². The summed E-state index contributed by atoms with van der Waals surface area (Å²) in [5.41, 5.74) is 4.58. The van der Waals surface area contributed by atoms with Crippen molar-refractivity contribution in [2.45, 2.75) is 219 Å². The van der Waals surface area contributed by atoms with E-state index in [1.54, 1.807) is 6.07 Å². The van der Waals surface area contributed by atoms with Crippen molar-refractivity contribution in [1.82, 2.24) is 9.97 Å². The molecule has 0 spiro atoms. The van der Waals surface area contributed by atoms with Crippen LogP contribution in [0.25, 0.3) is 33.5 Å². The molecule has 4 nitrogen and oxygen atoms in total. The van der Waals surface area contributed by atoms with Crippen LogP contribution in [0.1, 0.15) is 219 Å². The number of rotatable bonds is 38. The van der Waals surface area contributed by atoms with Gasteiger partial charge in [-0.05, 0) is 73.5 Å². The number of fused-ring (bicyclic) bond motifs is 1. The lowest BCUT2D eigenvalue weighted by molar-refractivity contribution is 0.304. The van der Waals surface area contributed by atoms with E-state index < -0.39 is 0 Å². The number of ether oxygens (including phenoxy) is 2. The molecule has 3 aromatic carbocycles. The summed E-state index contributed by atoms with van der Waals surface area (Å²) < 4.78 is 26.5. The minimum absolute atomic E-state index is 0.316. The maximum Gasteiger partial charge on any atom is 0.125 e. The van der Waals surface area contributed by atoms with Crippen LogP contribution in [0.5, 0.6) is 11.5 Å². The highest BCUT2D eigenvalue weighted by molar-refractivity contribution is 5.86. The molecule has 338 valence electrons. The summed E-state index contributed by atoms with van der Waals surface area (Å²) in [6.07, 6.45) is 43.6. The maximum absolute atomic E-state index is 14.3. The average Bonchev–Trinajstić information content (AvgIpc) is 3.28. The van der Waals surface area contributed by atoms with Gasteiger partial charge in [0.25, 0.3) is 0 Å². The van der Waals surface area contributed by atoms with Crippen molar-refractivity contribution in [2.75, 3.05) is 13.2 Å². The quantitative estimate of drug-likeness (QED) is 0.0422. The molecule has 1 heterocycles. The second kappa shape index (κ2) is 33.1. The predicted molar refractivity (Wildman–Crippen MR) is 260 cm³/mol. The lowest BCUT2D eigenvalue weighted by atomic mass is 10.0. The van der Waals surface area contributed by atoms with Crippen LogP contribution in [-0.4, -0.2) is 23.2 Å². The Bertz CT molecular complexity index is 1660. The minimum atomic E-state index is -0.316. The molecule has 61 heavy (non-hydrogen) atoms. The Kier molecular flexibility index (Phi) is 27.3. The van der Waals surface area contributed by atoms with Gasteiger partial charge in [-0.1, -0.05) is 206 Å². The number of benzene rings is 3. The molecule has 0 aliphatic carbocycles. The standard InChI is InChI=1S/C56H85FN2O2/c1-3-5-7-9-11-13-15-17-19-21-23-25-27-29-31-33-45-60-51-40-35-48(36-41-51)55-56(59-54-47-50(57)39-44-53(54)58-55)49-37-42-52(43-38-49)61-46-34-32-30-28-26-24-22-20-18-16-14-12-10-8-6-4-2/h35-44,47H,3-34,45-46H2,1-2H3. The van der Waals surface area contributed by atoms with Gasteiger partial charge in [0.1, 0.15) is 17.3 Å². The third kappa shape index (κ3) is 21.9. The first kappa shape index (κ1) is 50.2. The summed E-state index contributed by atoms with van der Waals surface area (Å²) >= 11 is 0. The van der Waals surface area contributed by atoms with Gasteiger partial charge in [-0.25, -0.2) is 14.4 Å². The number of hydrogen-bond donors (Lipinski definition) is 0. The van der Waals surface area contributed by atoms with Gasteiger partial charge in [0.15, 0.2) is 0 Å². The van der Waals surface area contributed by atoms with Crippen LogP contribution in [0.4, 0.5) is 4.39 Å². The van der Waals surface area contributed by atoms with Crippen LogP contribution >= 0.6 is 0 Å². The Hall–Kier alpha value is -3.47. The first-order chi connectivity index (χ1) is 30.2. The van der Waals surface area contributed by atoms with E-state index in [2.05, 4.69) is 26.0 Å². The molecule has 4 aromatic rings. The van der Waals surface area contributed by atoms with Crippen molar-refractivity contribution < 1.29 is 13.9 Å². The molecule has 5 heteroatoms. The number of unbranched alkanes of at least 4 members (excludes halogenated alkanes) is 30. The van der Waals surface area contributed by atoms with E-state index in [0.29, 0.717) is 11.0 Å². The van der Waals surface area contributed by atoms with Gasteiger partial charge in [0, 0.05) is 17.2 Å². The third-order valence-corrected chi connectivity index (χ3v) is 12.4. The monoisotopic (exact) mass is 837 g/mol. The zero-order valence-electron chi connectivity index (χ0n) is 39.0. The second-order valence-corrected chi connectivity index (χ2v) is 17.9. The third-order valence-electron chi connectivity index (χ3n) is 12.4. The Labute approximate surface area is 372 Å². The van der Waals surface area contributed by atoms with Gasteiger partial charge in [0.05, 0.1) is 35.6 Å². The zero-order valence-corrected chi connectivity index (χ0v) is 39.0. The molecule has 4 rings (SSSR count). The zero-order chi connectivity index (χ0) is 42.8. The predicted octanol–water partition coefficient (Wildman–Crippen LogP) is 18.4. The van der Waals surface area contributed by atoms with Gasteiger partial charge < -0.3 is 9.47 Å². The van der Waals surface area contributed by atoms with Gasteiger partial charge in [-0.2, -0.15) is 0 Å². The van der Waals surface area contributed by atoms with Crippen molar-refractivity contribution in [3.63, 3.8) is 0 Å². The fourth-order valence-corrected chi connectivity index (χ4v) is 8.53. The SMILES string of the molecule is CCCCCCCCCCCCCCCCCCOc1ccc(-c2nc3ccc(F)cc3nc2-c2ccc(OCCCCCCCCCCCCCCCCCC)cc2)cc1. The van der Waals surface area contributed by atoms with E-state index in [1.807, 2.05) is 36.4 Å². The van der Waals surface area contributed by atoms with E-state index in [-0.39, 0.29) is 5.82 Å². The number of halogens is 1. The molecule has 0 atom stereocenters. The fourth-order valence-electron chi connectivity index (χ4n) is 8.53. The topological polar surface area (TPSA) is 44.2 Å². The molecule has 0 saturated carbocycles. The Morgan fingerprint density at radius 2 is 0.639 bits per heavy atom. The Morgan fingerprint density at radius 1 is 0.344 bits per heavy atom. The highest BCUT2D eigenvalue weighted by Gasteiger charge is 2.15. The Balaban J connectivity index is 1.11. The lowest BCUT2D eigenvalue weighted by Crippen LogP contribution is -1.99. The van der Waals surface area contributed by atoms with E-state index in [9.17, 15) is 4.39 Å². The molecule has 0 amide bonds. The minimum Gasteiger partial charge on any atom is -0.494 e. The Morgan fingerprint density at radius 3 is 0.967 bits per heavy atom. The molecule has 0 aliphatic heterocycles. The van der Waals surface area contributed by atoms with Crippen molar-refractivity contribution in [3.05, 3.63) is 72.5 Å². The number of aromatic nitrogens is 2. The van der Waals surface area contributed by atoms with Gasteiger partial charge in [-0.15, -0.1) is 0 Å². The summed E-state index contributed by atoms with van der Waals surface area (Å²) in [5, 5.41) is 0. The molecule has 0 radical (unpaired) electrons. The average molecular weight is 837 g/mol. The summed E-state index contributed by atoms with van der Waals surface area (Å²) in [4.78, 5) is 9.93. The highest BCUT2D eigenvalue weighted by atomic mass is 19.1. The molecule has 0 saturated heterocycles. The van der Waals surface area contributed by atoms with Crippen LogP contribution in [0.3, 0.4) is 0 Å². The van der Waals surface area contributed by atoms with Gasteiger partial charge in [-0.3, -0.25) is 0 Å². The summed E-state index contributed by atoms with van der Waals surface area (Å²) in [6.45, 7) is 6.04. The summed E-state index contributed by atoms with van der Waals surface area (Å²) in [6, 6.07) is 20.9. The maximum atomic E-state index is 14.3. The molecular weight excluding hydrogens is 752 g/mol. The van der Waals surface area contributed by atoms with Crippen LogP contribution in [0.2, 0.25) is 0 Å². The van der Waals surface area contributed by atoms with E-state index in [0.717, 1.165) is 60.1 Å². The van der Waals surface area contributed by atoms with Crippen LogP contribution in [0.15, 0.2) is 66.7 Å². The molecule has 0 N–H and O–H groups in total. The smallest absolute Gasteiger partial charge is 0.125 e.